The lowest BCUT2D eigenvalue weighted by Gasteiger charge is -2.05. The Morgan fingerprint density at radius 3 is 1.67 bits per heavy atom. The Bertz CT molecular complexity index is 665. The number of aliphatic hydroxyl groups is 3. The molecule has 2 aromatic carbocycles. The molecule has 2 aromatic rings. The van der Waals surface area contributed by atoms with Crippen LogP contribution in [0.1, 0.15) is 6.92 Å². The zero-order chi connectivity index (χ0) is 21.2. The largest absolute Gasteiger partial charge is 0.487 e. The van der Waals surface area contributed by atoms with Gasteiger partial charge in [-0.25, -0.2) is 0 Å². The number of nitro benzene ring substituents is 1. The van der Waals surface area contributed by atoms with Crippen molar-refractivity contribution < 1.29 is 20.2 Å². The minimum atomic E-state index is -0.500. The summed E-state index contributed by atoms with van der Waals surface area (Å²) >= 11 is 7.74. The maximum absolute atomic E-state index is 10.5. The topological polar surface area (TPSA) is 168 Å². The Kier molecular flexibility index (Phi) is 16.0. The van der Waals surface area contributed by atoms with Crippen molar-refractivity contribution in [3.05, 3.63) is 64.7 Å². The molecule has 27 heavy (non-hydrogen) atoms. The van der Waals surface area contributed by atoms with E-state index < -0.39 is 15.3 Å². The molecule has 0 unspecified atom stereocenters. The number of benzene rings is 2. The van der Waals surface area contributed by atoms with Crippen LogP contribution in [0.15, 0.2) is 54.6 Å². The highest BCUT2D eigenvalue weighted by Gasteiger charge is 2.03. The number of non-ortho nitro benzene ring substituents is 1. The predicted molar refractivity (Wildman–Crippen MR) is 114 cm³/mol. The first-order valence-electron chi connectivity index (χ1n) is 7.28. The Morgan fingerprint density at radius 2 is 1.33 bits per heavy atom. The van der Waals surface area contributed by atoms with Gasteiger partial charge in [0, 0.05) is 30.1 Å². The van der Waals surface area contributed by atoms with E-state index >= 15 is 0 Å². The fourth-order valence-corrected chi connectivity index (χ4v) is 1.35. The number of anilines is 2. The third kappa shape index (κ3) is 19.2. The first-order valence-corrected chi connectivity index (χ1v) is 8.09. The molecule has 2 rings (SSSR count). The molecular formula is C16H22N4O5S2. The van der Waals surface area contributed by atoms with Crippen molar-refractivity contribution in [2.75, 3.05) is 11.9 Å². The summed E-state index contributed by atoms with van der Waals surface area (Å²) in [5, 5.41) is 35.3. The number of rotatable bonds is 3. The van der Waals surface area contributed by atoms with Gasteiger partial charge in [0.1, 0.15) is 0 Å². The van der Waals surface area contributed by atoms with Crippen molar-refractivity contribution in [3.63, 3.8) is 0 Å². The summed E-state index contributed by atoms with van der Waals surface area (Å²) < 4.78 is 0. The summed E-state index contributed by atoms with van der Waals surface area (Å²) in [4.78, 5) is 10.0. The molecular weight excluding hydrogens is 392 g/mol. The molecule has 0 radical (unpaired) electrons. The van der Waals surface area contributed by atoms with E-state index in [4.69, 9.17) is 15.3 Å². The van der Waals surface area contributed by atoms with Crippen LogP contribution in [0.25, 0.3) is 0 Å². The quantitative estimate of drug-likeness (QED) is 0.249. The van der Waals surface area contributed by atoms with Crippen LogP contribution in [0.5, 0.6) is 0 Å². The normalized spacial score (nSPS) is 8.22. The average molecular weight is 415 g/mol. The maximum atomic E-state index is 10.5. The van der Waals surface area contributed by atoms with Gasteiger partial charge in [-0.3, -0.25) is 10.1 Å². The van der Waals surface area contributed by atoms with Gasteiger partial charge in [-0.15, -0.1) is 0 Å². The molecule has 0 bridgehead atoms. The van der Waals surface area contributed by atoms with Gasteiger partial charge in [0.2, 0.25) is 0 Å². The number of nitrogens with zero attached hydrogens (tertiary/aromatic N) is 1. The molecule has 0 aromatic heterocycles. The standard InChI is InChI=1S/C12H10N2O2.C2H6O.2CH3NOS/c15-14(16)12-8-6-11(7-9-12)13-10-4-2-1-3-5-10;1-2-3;2*2-1(3)4/h1-9,13H;3H,2H2,1H3;2*(H3,2,3,4). The highest BCUT2D eigenvalue weighted by atomic mass is 32.1. The second-order valence-corrected chi connectivity index (χ2v) is 5.12. The summed E-state index contributed by atoms with van der Waals surface area (Å²) in [5.74, 6) is 0. The van der Waals surface area contributed by atoms with Gasteiger partial charge in [-0.05, 0) is 55.6 Å². The number of nitro groups is 1. The number of hydrogen-bond acceptors (Lipinski definition) is 6. The second-order valence-electron chi connectivity index (χ2n) is 4.29. The smallest absolute Gasteiger partial charge is 0.269 e. The fourth-order valence-electron chi connectivity index (χ4n) is 1.35. The molecule has 148 valence electrons. The number of nitrogens with one attached hydrogen (secondary N) is 1. The van der Waals surface area contributed by atoms with E-state index in [2.05, 4.69) is 41.2 Å². The van der Waals surface area contributed by atoms with Crippen LogP contribution < -0.4 is 16.8 Å². The number of aliphatic hydroxyl groups excluding tert-OH is 3. The van der Waals surface area contributed by atoms with Crippen molar-refractivity contribution in [1.82, 2.24) is 0 Å². The predicted octanol–water partition coefficient (Wildman–Crippen LogP) is 2.91. The maximum Gasteiger partial charge on any atom is 0.269 e. The molecule has 0 heterocycles. The third-order valence-electron chi connectivity index (χ3n) is 2.14. The molecule has 0 amide bonds. The summed E-state index contributed by atoms with van der Waals surface area (Å²) in [6, 6.07) is 16.0. The number of thiocarbonyl (C=S) groups is 2. The van der Waals surface area contributed by atoms with E-state index in [-0.39, 0.29) is 12.3 Å². The van der Waals surface area contributed by atoms with Gasteiger partial charge >= 0.3 is 0 Å². The first-order chi connectivity index (χ1) is 12.6. The van der Waals surface area contributed by atoms with Crippen LogP contribution in [-0.2, 0) is 0 Å². The van der Waals surface area contributed by atoms with Crippen LogP contribution in [0.4, 0.5) is 17.1 Å². The average Bonchev–Trinajstić information content (AvgIpc) is 2.56. The first kappa shape index (κ1) is 26.2. The summed E-state index contributed by atoms with van der Waals surface area (Å²) in [7, 11) is 0. The summed E-state index contributed by atoms with van der Waals surface area (Å²) in [5.41, 5.74) is 10.7. The molecule has 9 nitrogen and oxygen atoms in total. The Morgan fingerprint density at radius 1 is 1.00 bits per heavy atom. The Hall–Kier alpha value is -3.02. The monoisotopic (exact) mass is 414 g/mol. The lowest BCUT2D eigenvalue weighted by atomic mass is 10.2. The highest BCUT2D eigenvalue weighted by molar-refractivity contribution is 7.80. The van der Waals surface area contributed by atoms with Crippen molar-refractivity contribution in [3.8, 4) is 0 Å². The summed E-state index contributed by atoms with van der Waals surface area (Å²) in [6.45, 7) is 1.93. The van der Waals surface area contributed by atoms with Gasteiger partial charge in [0.15, 0.2) is 0 Å². The van der Waals surface area contributed by atoms with E-state index in [9.17, 15) is 10.1 Å². The molecule has 0 aliphatic carbocycles. The molecule has 0 aliphatic heterocycles. The van der Waals surface area contributed by atoms with Gasteiger partial charge in [0.05, 0.1) is 4.92 Å². The number of para-hydroxylation sites is 1. The molecule has 8 N–H and O–H groups in total. The van der Waals surface area contributed by atoms with E-state index in [0.29, 0.717) is 0 Å². The van der Waals surface area contributed by atoms with Gasteiger partial charge in [0.25, 0.3) is 16.0 Å². The van der Waals surface area contributed by atoms with Crippen molar-refractivity contribution in [2.24, 2.45) is 11.5 Å². The Labute approximate surface area is 167 Å². The summed E-state index contributed by atoms with van der Waals surface area (Å²) in [6.07, 6.45) is 0. The van der Waals surface area contributed by atoms with Gasteiger partial charge in [-0.1, -0.05) is 18.2 Å². The minimum Gasteiger partial charge on any atom is -0.487 e. The molecule has 0 saturated carbocycles. The second kappa shape index (κ2) is 16.4. The van der Waals surface area contributed by atoms with Crippen LogP contribution in [0.2, 0.25) is 0 Å². The van der Waals surface area contributed by atoms with Crippen LogP contribution >= 0.6 is 24.4 Å². The van der Waals surface area contributed by atoms with Crippen molar-refractivity contribution in [2.45, 2.75) is 6.92 Å². The van der Waals surface area contributed by atoms with E-state index in [0.717, 1.165) is 11.4 Å². The molecule has 11 heteroatoms. The van der Waals surface area contributed by atoms with Crippen LogP contribution in [0.3, 0.4) is 0 Å². The zero-order valence-corrected chi connectivity index (χ0v) is 16.1. The number of hydrogen-bond donors (Lipinski definition) is 6. The van der Waals surface area contributed by atoms with Gasteiger partial charge in [-0.2, -0.15) is 0 Å². The van der Waals surface area contributed by atoms with Crippen LogP contribution in [-0.4, -0.2) is 37.2 Å². The SMILES string of the molecule is CCO.NC(O)=S.NC(O)=S.O=[N+]([O-])c1ccc(Nc2ccccc2)cc1. The molecule has 0 aliphatic rings. The Balaban J connectivity index is 0. The molecule has 0 atom stereocenters. The van der Waals surface area contributed by atoms with Crippen molar-refractivity contribution in [1.29, 1.82) is 0 Å². The zero-order valence-electron chi connectivity index (χ0n) is 14.5. The van der Waals surface area contributed by atoms with E-state index in [1.165, 1.54) is 12.1 Å². The molecule has 0 saturated heterocycles. The molecule has 0 fully saturated rings. The fraction of sp³-hybridized carbons (Fsp3) is 0.125. The number of nitrogens with two attached hydrogens (primary N) is 2. The van der Waals surface area contributed by atoms with Gasteiger partial charge < -0.3 is 32.1 Å². The third-order valence-corrected chi connectivity index (χ3v) is 2.14. The lowest BCUT2D eigenvalue weighted by molar-refractivity contribution is -0.384. The van der Waals surface area contributed by atoms with Crippen molar-refractivity contribution >= 4 is 51.8 Å². The van der Waals surface area contributed by atoms with E-state index in [1.54, 1.807) is 19.1 Å². The molecule has 0 spiro atoms. The highest BCUT2D eigenvalue weighted by Crippen LogP contribution is 2.19. The van der Waals surface area contributed by atoms with Crippen LogP contribution in [0, 0.1) is 10.1 Å². The minimum absolute atomic E-state index is 0.0959. The van der Waals surface area contributed by atoms with E-state index in [1.807, 2.05) is 30.3 Å². The lowest BCUT2D eigenvalue weighted by Crippen LogP contribution is -2.03.